The van der Waals surface area contributed by atoms with Gasteiger partial charge in [-0.05, 0) is 24.3 Å². The van der Waals surface area contributed by atoms with Crippen LogP contribution in [0.4, 0.5) is 11.6 Å². The lowest BCUT2D eigenvalue weighted by Crippen LogP contribution is -2.15. The molecular weight excluding hydrogens is 240 g/mol. The molecule has 0 spiro atoms. The lowest BCUT2D eigenvalue weighted by molar-refractivity contribution is 0.102. The molecule has 2 aromatic rings. The minimum Gasteiger partial charge on any atom is -0.383 e. The molecule has 6 heteroatoms. The smallest absolute Gasteiger partial charge is 0.260 e. The van der Waals surface area contributed by atoms with Crippen LogP contribution in [-0.2, 0) is 0 Å². The molecule has 0 unspecified atom stereocenters. The van der Waals surface area contributed by atoms with Crippen molar-refractivity contribution < 1.29 is 4.79 Å². The van der Waals surface area contributed by atoms with Crippen LogP contribution in [0.15, 0.2) is 36.7 Å². The van der Waals surface area contributed by atoms with Gasteiger partial charge in [-0.3, -0.25) is 4.79 Å². The van der Waals surface area contributed by atoms with E-state index in [-0.39, 0.29) is 11.4 Å². The molecule has 2 aromatic heterocycles. The maximum Gasteiger partial charge on any atom is 0.260 e. The maximum absolute atomic E-state index is 11.9. The average Bonchev–Trinajstić information content (AvgIpc) is 2.32. The molecule has 2 rings (SSSR count). The number of rotatable bonds is 2. The molecule has 0 saturated heterocycles. The molecule has 0 saturated carbocycles. The zero-order valence-corrected chi connectivity index (χ0v) is 9.48. The Labute approximate surface area is 103 Å². The molecule has 3 N–H and O–H groups in total. The van der Waals surface area contributed by atoms with E-state index in [1.165, 1.54) is 12.4 Å². The van der Waals surface area contributed by atoms with Crippen molar-refractivity contribution in [1.29, 1.82) is 0 Å². The molecular formula is C11H9ClN4O. The van der Waals surface area contributed by atoms with Gasteiger partial charge in [0.15, 0.2) is 5.82 Å². The predicted octanol–water partition coefficient (Wildman–Crippen LogP) is 1.96. The van der Waals surface area contributed by atoms with Gasteiger partial charge in [-0.2, -0.15) is 0 Å². The number of hydrogen-bond donors (Lipinski definition) is 2. The zero-order valence-electron chi connectivity index (χ0n) is 8.72. The van der Waals surface area contributed by atoms with Crippen molar-refractivity contribution in [3.63, 3.8) is 0 Å². The second-order valence-electron chi connectivity index (χ2n) is 3.22. The number of amides is 1. The molecule has 0 bridgehead atoms. The van der Waals surface area contributed by atoms with Gasteiger partial charge in [0.2, 0.25) is 0 Å². The molecule has 1 amide bonds. The molecule has 0 fully saturated rings. The zero-order chi connectivity index (χ0) is 12.3. The number of nitrogen functional groups attached to an aromatic ring is 1. The van der Waals surface area contributed by atoms with Crippen LogP contribution in [0.1, 0.15) is 10.4 Å². The number of carbonyl (C=O) groups is 1. The highest BCUT2D eigenvalue weighted by molar-refractivity contribution is 6.33. The summed E-state index contributed by atoms with van der Waals surface area (Å²) in [4.78, 5) is 19.6. The van der Waals surface area contributed by atoms with Crippen molar-refractivity contribution in [2.75, 3.05) is 11.1 Å². The van der Waals surface area contributed by atoms with Gasteiger partial charge >= 0.3 is 0 Å². The quantitative estimate of drug-likeness (QED) is 0.851. The first-order chi connectivity index (χ1) is 8.18. The summed E-state index contributed by atoms with van der Waals surface area (Å²) in [5.74, 6) is 0.0654. The first kappa shape index (κ1) is 11.3. The number of nitrogens with zero attached hydrogens (tertiary/aromatic N) is 2. The highest BCUT2D eigenvalue weighted by Gasteiger charge is 2.12. The van der Waals surface area contributed by atoms with Crippen molar-refractivity contribution >= 4 is 29.1 Å². The van der Waals surface area contributed by atoms with Gasteiger partial charge in [-0.1, -0.05) is 11.6 Å². The van der Waals surface area contributed by atoms with E-state index in [1.54, 1.807) is 24.3 Å². The Balaban J connectivity index is 2.24. The Kier molecular flexibility index (Phi) is 3.20. The number of pyridine rings is 2. The minimum absolute atomic E-state index is 0.164. The van der Waals surface area contributed by atoms with Gasteiger partial charge in [0.1, 0.15) is 5.82 Å². The van der Waals surface area contributed by atoms with E-state index in [0.717, 1.165) is 0 Å². The van der Waals surface area contributed by atoms with E-state index < -0.39 is 5.91 Å². The molecule has 2 heterocycles. The lowest BCUT2D eigenvalue weighted by atomic mass is 10.2. The summed E-state index contributed by atoms with van der Waals surface area (Å²) in [6.45, 7) is 0. The Hall–Kier alpha value is -2.14. The number of nitrogens with two attached hydrogens (primary N) is 1. The maximum atomic E-state index is 11.9. The number of anilines is 2. The van der Waals surface area contributed by atoms with Crippen LogP contribution in [0, 0.1) is 0 Å². The fraction of sp³-hybridized carbons (Fsp3) is 0. The number of aromatic nitrogens is 2. The van der Waals surface area contributed by atoms with E-state index in [1.807, 2.05) is 0 Å². The van der Waals surface area contributed by atoms with Crippen LogP contribution in [0.2, 0.25) is 5.02 Å². The fourth-order valence-corrected chi connectivity index (χ4v) is 1.43. The summed E-state index contributed by atoms with van der Waals surface area (Å²) in [6.07, 6.45) is 3.05. The van der Waals surface area contributed by atoms with Crippen molar-refractivity contribution in [3.8, 4) is 0 Å². The van der Waals surface area contributed by atoms with Crippen LogP contribution in [0.5, 0.6) is 0 Å². The SMILES string of the molecule is Nc1ncccc1C(=O)Nc1ncccc1Cl. The monoisotopic (exact) mass is 248 g/mol. The van der Waals surface area contributed by atoms with Crippen molar-refractivity contribution in [1.82, 2.24) is 9.97 Å². The fourth-order valence-electron chi connectivity index (χ4n) is 1.26. The molecule has 17 heavy (non-hydrogen) atoms. The van der Waals surface area contributed by atoms with Gasteiger partial charge in [-0.25, -0.2) is 9.97 Å². The molecule has 0 aliphatic rings. The van der Waals surface area contributed by atoms with Crippen molar-refractivity contribution in [2.45, 2.75) is 0 Å². The van der Waals surface area contributed by atoms with Gasteiger partial charge in [0.25, 0.3) is 5.91 Å². The van der Waals surface area contributed by atoms with Crippen molar-refractivity contribution in [3.05, 3.63) is 47.2 Å². The molecule has 0 radical (unpaired) electrons. The highest BCUT2D eigenvalue weighted by atomic mass is 35.5. The Morgan fingerprint density at radius 2 is 1.94 bits per heavy atom. The summed E-state index contributed by atoms with van der Waals surface area (Å²) < 4.78 is 0. The normalized spacial score (nSPS) is 9.94. The first-order valence-electron chi connectivity index (χ1n) is 4.81. The standard InChI is InChI=1S/C11H9ClN4O/c12-8-4-2-6-15-10(8)16-11(17)7-3-1-5-14-9(7)13/h1-6H,(H2,13,14)(H,15,16,17). The second kappa shape index (κ2) is 4.80. The van der Waals surface area contributed by atoms with Crippen LogP contribution < -0.4 is 11.1 Å². The van der Waals surface area contributed by atoms with Gasteiger partial charge < -0.3 is 11.1 Å². The Bertz CT molecular complexity index is 559. The molecule has 5 nitrogen and oxygen atoms in total. The van der Waals surface area contributed by atoms with E-state index in [4.69, 9.17) is 17.3 Å². The Morgan fingerprint density at radius 1 is 1.24 bits per heavy atom. The third-order valence-corrected chi connectivity index (χ3v) is 2.38. The van der Waals surface area contributed by atoms with Crippen LogP contribution in [0.25, 0.3) is 0 Å². The Morgan fingerprint density at radius 3 is 2.65 bits per heavy atom. The summed E-state index contributed by atoms with van der Waals surface area (Å²) in [7, 11) is 0. The number of hydrogen-bond acceptors (Lipinski definition) is 4. The predicted molar refractivity (Wildman–Crippen MR) is 65.8 cm³/mol. The minimum atomic E-state index is -0.392. The second-order valence-corrected chi connectivity index (χ2v) is 3.63. The first-order valence-corrected chi connectivity index (χ1v) is 5.18. The van der Waals surface area contributed by atoms with E-state index in [2.05, 4.69) is 15.3 Å². The number of nitrogens with one attached hydrogen (secondary N) is 1. The summed E-state index contributed by atoms with van der Waals surface area (Å²) >= 11 is 5.87. The average molecular weight is 249 g/mol. The molecule has 0 atom stereocenters. The number of halogens is 1. The molecule has 0 aromatic carbocycles. The molecule has 0 aliphatic carbocycles. The van der Waals surface area contributed by atoms with E-state index in [0.29, 0.717) is 10.8 Å². The third kappa shape index (κ3) is 2.51. The number of carbonyl (C=O) groups excluding carboxylic acids is 1. The highest BCUT2D eigenvalue weighted by Crippen LogP contribution is 2.18. The third-order valence-electron chi connectivity index (χ3n) is 2.07. The summed E-state index contributed by atoms with van der Waals surface area (Å²) in [5, 5.41) is 2.93. The largest absolute Gasteiger partial charge is 0.383 e. The van der Waals surface area contributed by atoms with E-state index >= 15 is 0 Å². The molecule has 0 aliphatic heterocycles. The van der Waals surface area contributed by atoms with Crippen LogP contribution in [-0.4, -0.2) is 15.9 Å². The summed E-state index contributed by atoms with van der Waals surface area (Å²) in [6, 6.07) is 6.52. The topological polar surface area (TPSA) is 80.9 Å². The van der Waals surface area contributed by atoms with Gasteiger partial charge in [-0.15, -0.1) is 0 Å². The van der Waals surface area contributed by atoms with Crippen LogP contribution in [0.3, 0.4) is 0 Å². The van der Waals surface area contributed by atoms with Gasteiger partial charge in [0.05, 0.1) is 10.6 Å². The van der Waals surface area contributed by atoms with Crippen molar-refractivity contribution in [2.24, 2.45) is 0 Å². The molecule has 86 valence electrons. The summed E-state index contributed by atoms with van der Waals surface area (Å²) in [5.41, 5.74) is 5.87. The van der Waals surface area contributed by atoms with Crippen LogP contribution >= 0.6 is 11.6 Å². The lowest BCUT2D eigenvalue weighted by Gasteiger charge is -2.06. The van der Waals surface area contributed by atoms with E-state index in [9.17, 15) is 4.79 Å². The van der Waals surface area contributed by atoms with Gasteiger partial charge in [0, 0.05) is 12.4 Å².